The third-order valence-electron chi connectivity index (χ3n) is 1.75. The number of carbonyl (C=O) groups is 1. The van der Waals surface area contributed by atoms with Gasteiger partial charge in [-0.05, 0) is 6.42 Å². The minimum atomic E-state index is -0.628. The van der Waals surface area contributed by atoms with Crippen LogP contribution in [0, 0.1) is 10.1 Å². The Bertz CT molecular complexity index is 264. The first-order valence-corrected chi connectivity index (χ1v) is 4.83. The predicted octanol–water partition coefficient (Wildman–Crippen LogP) is 0.700. The highest BCUT2D eigenvalue weighted by molar-refractivity contribution is 8.03. The molecule has 0 unspecified atom stereocenters. The summed E-state index contributed by atoms with van der Waals surface area (Å²) in [6.07, 6.45) is 1.30. The number of nitro groups is 1. The molecule has 1 aliphatic heterocycles. The van der Waals surface area contributed by atoms with Gasteiger partial charge in [-0.2, -0.15) is 0 Å². The summed E-state index contributed by atoms with van der Waals surface area (Å²) in [6.45, 7) is 0.771. The maximum absolute atomic E-state index is 10.5. The van der Waals surface area contributed by atoms with Crippen LogP contribution in [-0.2, 0) is 4.79 Å². The molecule has 72 valence electrons. The number of hydrogen-bond acceptors (Lipinski definition) is 5. The van der Waals surface area contributed by atoms with Crippen LogP contribution in [0.15, 0.2) is 10.7 Å². The van der Waals surface area contributed by atoms with Gasteiger partial charge in [0.2, 0.25) is 6.29 Å². The van der Waals surface area contributed by atoms with E-state index in [1.165, 1.54) is 11.8 Å². The third-order valence-corrected chi connectivity index (χ3v) is 3.04. The molecule has 0 amide bonds. The standard InChI is InChI=1S/C7H10N2O3S/c1-8-3-2-4-13-7(8)6(5-10)9(11)12/h5H,2-4H2,1H3/b7-6-. The Balaban J connectivity index is 2.96. The van der Waals surface area contributed by atoms with E-state index in [0.29, 0.717) is 11.3 Å². The highest BCUT2D eigenvalue weighted by Gasteiger charge is 2.23. The van der Waals surface area contributed by atoms with E-state index >= 15 is 0 Å². The lowest BCUT2D eigenvalue weighted by atomic mass is 10.4. The molecule has 0 saturated carbocycles. The summed E-state index contributed by atoms with van der Waals surface area (Å²) in [4.78, 5) is 22.0. The van der Waals surface area contributed by atoms with Gasteiger partial charge in [0.05, 0.1) is 4.92 Å². The zero-order valence-corrected chi connectivity index (χ0v) is 8.04. The molecule has 0 aliphatic carbocycles. The highest BCUT2D eigenvalue weighted by atomic mass is 32.2. The van der Waals surface area contributed by atoms with Crippen LogP contribution in [0.25, 0.3) is 0 Å². The predicted molar refractivity (Wildman–Crippen MR) is 49.8 cm³/mol. The monoisotopic (exact) mass is 202 g/mol. The second kappa shape index (κ2) is 4.27. The van der Waals surface area contributed by atoms with E-state index in [9.17, 15) is 14.9 Å². The Labute approximate surface area is 79.9 Å². The molecule has 13 heavy (non-hydrogen) atoms. The molecule has 1 rings (SSSR count). The third kappa shape index (κ3) is 2.21. The van der Waals surface area contributed by atoms with Crippen molar-refractivity contribution in [1.82, 2.24) is 4.90 Å². The van der Waals surface area contributed by atoms with Crippen molar-refractivity contribution in [2.75, 3.05) is 19.3 Å². The van der Waals surface area contributed by atoms with E-state index in [4.69, 9.17) is 0 Å². The lowest BCUT2D eigenvalue weighted by molar-refractivity contribution is -0.418. The molecule has 0 aromatic rings. The average molecular weight is 202 g/mol. The first-order valence-electron chi connectivity index (χ1n) is 3.84. The van der Waals surface area contributed by atoms with Crippen molar-refractivity contribution < 1.29 is 9.72 Å². The Morgan fingerprint density at radius 1 is 1.77 bits per heavy atom. The zero-order chi connectivity index (χ0) is 9.84. The maximum atomic E-state index is 10.5. The first kappa shape index (κ1) is 10.0. The van der Waals surface area contributed by atoms with E-state index in [0.717, 1.165) is 18.7 Å². The molecule has 0 radical (unpaired) electrons. The van der Waals surface area contributed by atoms with Crippen LogP contribution in [-0.4, -0.2) is 35.5 Å². The van der Waals surface area contributed by atoms with Gasteiger partial charge in [0, 0.05) is 19.3 Å². The number of allylic oxidation sites excluding steroid dienone is 1. The topological polar surface area (TPSA) is 63.5 Å². The molecule has 0 spiro atoms. The van der Waals surface area contributed by atoms with Gasteiger partial charge in [-0.3, -0.25) is 14.9 Å². The smallest absolute Gasteiger partial charge is 0.338 e. The van der Waals surface area contributed by atoms with E-state index < -0.39 is 4.92 Å². The second-order valence-electron chi connectivity index (χ2n) is 2.69. The van der Waals surface area contributed by atoms with Crippen molar-refractivity contribution in [3.63, 3.8) is 0 Å². The SMILES string of the molecule is CN1CCCS/C1=C(/C=O)[N+](=O)[O-]. The molecular weight excluding hydrogens is 192 g/mol. The number of aldehydes is 1. The molecule has 0 aromatic carbocycles. The first-order chi connectivity index (χ1) is 6.16. The van der Waals surface area contributed by atoms with Gasteiger partial charge < -0.3 is 4.90 Å². The number of hydrogen-bond donors (Lipinski definition) is 0. The van der Waals surface area contributed by atoms with Gasteiger partial charge in [-0.15, -0.1) is 11.8 Å². The Morgan fingerprint density at radius 3 is 2.92 bits per heavy atom. The molecule has 0 aromatic heterocycles. The minimum Gasteiger partial charge on any atom is -0.364 e. The van der Waals surface area contributed by atoms with Crippen LogP contribution in [0.4, 0.5) is 0 Å². The van der Waals surface area contributed by atoms with Crippen molar-refractivity contribution in [2.24, 2.45) is 0 Å². The quantitative estimate of drug-likeness (QED) is 0.285. The van der Waals surface area contributed by atoms with E-state index in [1.807, 2.05) is 0 Å². The molecular formula is C7H10N2O3S. The number of rotatable bonds is 2. The van der Waals surface area contributed by atoms with Crippen LogP contribution in [0.2, 0.25) is 0 Å². The van der Waals surface area contributed by atoms with Crippen LogP contribution in [0.5, 0.6) is 0 Å². The second-order valence-corrected chi connectivity index (χ2v) is 3.77. The molecule has 1 fully saturated rings. The molecule has 1 saturated heterocycles. The number of thioether (sulfide) groups is 1. The van der Waals surface area contributed by atoms with Crippen molar-refractivity contribution in [3.8, 4) is 0 Å². The summed E-state index contributed by atoms with van der Waals surface area (Å²) in [6, 6.07) is 0. The summed E-state index contributed by atoms with van der Waals surface area (Å²) >= 11 is 1.36. The number of nitrogens with zero attached hydrogens (tertiary/aromatic N) is 2. The highest BCUT2D eigenvalue weighted by Crippen LogP contribution is 2.27. The normalized spacial score (nSPS) is 21.2. The fourth-order valence-electron chi connectivity index (χ4n) is 1.12. The van der Waals surface area contributed by atoms with E-state index in [2.05, 4.69) is 0 Å². The fourth-order valence-corrected chi connectivity index (χ4v) is 2.17. The maximum Gasteiger partial charge on any atom is 0.338 e. The van der Waals surface area contributed by atoms with Crippen LogP contribution < -0.4 is 0 Å². The van der Waals surface area contributed by atoms with Gasteiger partial charge in [-0.1, -0.05) is 0 Å². The lowest BCUT2D eigenvalue weighted by Gasteiger charge is -2.25. The summed E-state index contributed by atoms with van der Waals surface area (Å²) < 4.78 is 0. The Hall–Kier alpha value is -1.04. The van der Waals surface area contributed by atoms with E-state index in [1.54, 1.807) is 11.9 Å². The molecule has 5 nitrogen and oxygen atoms in total. The van der Waals surface area contributed by atoms with Gasteiger partial charge >= 0.3 is 5.70 Å². The minimum absolute atomic E-state index is 0.310. The van der Waals surface area contributed by atoms with Gasteiger partial charge in [0.15, 0.2) is 5.03 Å². The van der Waals surface area contributed by atoms with Crippen LogP contribution in [0.1, 0.15) is 6.42 Å². The largest absolute Gasteiger partial charge is 0.364 e. The summed E-state index contributed by atoms with van der Waals surface area (Å²) in [5.74, 6) is 0.838. The van der Waals surface area contributed by atoms with Crippen LogP contribution in [0.3, 0.4) is 0 Å². The van der Waals surface area contributed by atoms with Crippen molar-refractivity contribution in [3.05, 3.63) is 20.8 Å². The molecule has 0 atom stereocenters. The molecule has 1 aliphatic rings. The molecule has 0 bridgehead atoms. The summed E-state index contributed by atoms with van der Waals surface area (Å²) in [5.41, 5.74) is -0.327. The summed E-state index contributed by atoms with van der Waals surface area (Å²) in [7, 11) is 1.76. The van der Waals surface area contributed by atoms with Gasteiger partial charge in [0.1, 0.15) is 0 Å². The van der Waals surface area contributed by atoms with Gasteiger partial charge in [0.25, 0.3) is 0 Å². The average Bonchev–Trinajstić information content (AvgIpc) is 2.09. The zero-order valence-electron chi connectivity index (χ0n) is 7.23. The fraction of sp³-hybridized carbons (Fsp3) is 0.571. The Morgan fingerprint density at radius 2 is 2.46 bits per heavy atom. The van der Waals surface area contributed by atoms with Crippen molar-refractivity contribution >= 4 is 18.0 Å². The molecule has 6 heteroatoms. The van der Waals surface area contributed by atoms with Gasteiger partial charge in [-0.25, -0.2) is 0 Å². The van der Waals surface area contributed by atoms with E-state index in [-0.39, 0.29) is 5.70 Å². The van der Waals surface area contributed by atoms with Crippen molar-refractivity contribution in [1.29, 1.82) is 0 Å². The Kier molecular flexibility index (Phi) is 3.30. The lowest BCUT2D eigenvalue weighted by Crippen LogP contribution is -2.25. The van der Waals surface area contributed by atoms with Crippen molar-refractivity contribution in [2.45, 2.75) is 6.42 Å². The molecule has 0 N–H and O–H groups in total. The molecule has 1 heterocycles. The summed E-state index contributed by atoms with van der Waals surface area (Å²) in [5, 5.41) is 10.9. The number of carbonyl (C=O) groups excluding carboxylic acids is 1. The van der Waals surface area contributed by atoms with Crippen LogP contribution >= 0.6 is 11.8 Å².